The molecule has 0 aliphatic carbocycles. The molecule has 0 amide bonds. The highest BCUT2D eigenvalue weighted by Gasteiger charge is 2.24. The van der Waals surface area contributed by atoms with Gasteiger partial charge in [-0.2, -0.15) is 0 Å². The van der Waals surface area contributed by atoms with Crippen LogP contribution in [0.5, 0.6) is 0 Å². The smallest absolute Gasteiger partial charge is 0.108 e. The van der Waals surface area contributed by atoms with Gasteiger partial charge in [-0.05, 0) is 13.8 Å². The maximum Gasteiger partial charge on any atom is 0.108 e. The molecule has 0 aliphatic heterocycles. The van der Waals surface area contributed by atoms with Crippen LogP contribution < -0.4 is 0 Å². The van der Waals surface area contributed by atoms with Gasteiger partial charge in [-0.1, -0.05) is 0 Å². The van der Waals surface area contributed by atoms with E-state index in [9.17, 15) is 0 Å². The van der Waals surface area contributed by atoms with Crippen LogP contribution in [-0.4, -0.2) is 44.8 Å². The largest absolute Gasteiger partial charge is 0.391 e. The molecule has 0 rings (SSSR count). The molecule has 4 atom stereocenters. The minimum absolute atomic E-state index is 1.02. The molecule has 4 heteroatoms. The van der Waals surface area contributed by atoms with Crippen LogP contribution >= 0.6 is 0 Å². The predicted octanol–water partition coefficient (Wildman–Crippen LogP) is -1.53. The maximum atomic E-state index is 8.91. The van der Waals surface area contributed by atoms with Gasteiger partial charge in [-0.3, -0.25) is 0 Å². The first-order valence-corrected chi connectivity index (χ1v) is 3.19. The molecule has 0 unspecified atom stereocenters. The van der Waals surface area contributed by atoms with E-state index in [-0.39, 0.29) is 0 Å². The molecule has 0 saturated heterocycles. The molecule has 0 saturated carbocycles. The number of rotatable bonds is 3. The van der Waals surface area contributed by atoms with Gasteiger partial charge in [0.1, 0.15) is 12.2 Å². The van der Waals surface area contributed by atoms with Crippen molar-refractivity contribution in [3.8, 4) is 0 Å². The van der Waals surface area contributed by atoms with Crippen molar-refractivity contribution in [3.05, 3.63) is 0 Å². The van der Waals surface area contributed by atoms with E-state index in [0.29, 0.717) is 0 Å². The quantitative estimate of drug-likeness (QED) is 0.393. The summed E-state index contributed by atoms with van der Waals surface area (Å²) in [6.07, 6.45) is -4.60. The van der Waals surface area contributed by atoms with Gasteiger partial charge in [0.2, 0.25) is 0 Å². The second-order valence-electron chi connectivity index (χ2n) is 2.46. The van der Waals surface area contributed by atoms with Crippen LogP contribution in [0.3, 0.4) is 0 Å². The summed E-state index contributed by atoms with van der Waals surface area (Å²) in [4.78, 5) is 0. The second-order valence-corrected chi connectivity index (χ2v) is 2.46. The third kappa shape index (κ3) is 2.62. The minimum Gasteiger partial charge on any atom is -0.391 e. The Labute approximate surface area is 59.7 Å². The lowest BCUT2D eigenvalue weighted by Gasteiger charge is -2.21. The van der Waals surface area contributed by atoms with Gasteiger partial charge in [0.15, 0.2) is 0 Å². The van der Waals surface area contributed by atoms with E-state index in [1.54, 1.807) is 0 Å². The van der Waals surface area contributed by atoms with Gasteiger partial charge in [0, 0.05) is 0 Å². The summed E-state index contributed by atoms with van der Waals surface area (Å²) in [6, 6.07) is 0. The van der Waals surface area contributed by atoms with Crippen molar-refractivity contribution < 1.29 is 20.4 Å². The summed E-state index contributed by atoms with van der Waals surface area (Å²) < 4.78 is 0. The van der Waals surface area contributed by atoms with Crippen molar-refractivity contribution in [2.24, 2.45) is 0 Å². The number of hydrogen-bond acceptors (Lipinski definition) is 4. The molecule has 10 heavy (non-hydrogen) atoms. The molecule has 0 aromatic rings. The van der Waals surface area contributed by atoms with Gasteiger partial charge in [0.25, 0.3) is 0 Å². The summed E-state index contributed by atoms with van der Waals surface area (Å²) >= 11 is 0. The zero-order chi connectivity index (χ0) is 8.31. The first kappa shape index (κ1) is 9.84. The Hall–Kier alpha value is -0.160. The van der Waals surface area contributed by atoms with Crippen molar-refractivity contribution >= 4 is 0 Å². The second kappa shape index (κ2) is 3.88. The van der Waals surface area contributed by atoms with Crippen LogP contribution in [0.4, 0.5) is 0 Å². The van der Waals surface area contributed by atoms with Gasteiger partial charge in [-0.25, -0.2) is 0 Å². The molecular formula is C6H14O4. The van der Waals surface area contributed by atoms with Gasteiger partial charge in [0.05, 0.1) is 12.2 Å². The summed E-state index contributed by atoms with van der Waals surface area (Å²) in [5, 5.41) is 35.2. The molecule has 4 nitrogen and oxygen atoms in total. The van der Waals surface area contributed by atoms with E-state index >= 15 is 0 Å². The van der Waals surface area contributed by atoms with Crippen LogP contribution in [0.25, 0.3) is 0 Å². The Morgan fingerprint density at radius 1 is 0.700 bits per heavy atom. The molecule has 0 radical (unpaired) electrons. The maximum absolute atomic E-state index is 8.91. The average molecular weight is 150 g/mol. The first-order chi connectivity index (χ1) is 4.46. The van der Waals surface area contributed by atoms with Crippen molar-refractivity contribution in [1.29, 1.82) is 0 Å². The Bertz CT molecular complexity index is 79.7. The van der Waals surface area contributed by atoms with Crippen molar-refractivity contribution in [2.45, 2.75) is 38.3 Å². The lowest BCUT2D eigenvalue weighted by Crippen LogP contribution is -2.41. The zero-order valence-electron chi connectivity index (χ0n) is 6.10. The minimum atomic E-state index is -1.28. The molecule has 0 aromatic carbocycles. The summed E-state index contributed by atoms with van der Waals surface area (Å²) in [5.74, 6) is 0. The molecular weight excluding hydrogens is 136 g/mol. The van der Waals surface area contributed by atoms with Gasteiger partial charge < -0.3 is 20.4 Å². The van der Waals surface area contributed by atoms with Crippen LogP contribution in [0.2, 0.25) is 0 Å². The monoisotopic (exact) mass is 150 g/mol. The summed E-state index contributed by atoms with van der Waals surface area (Å²) in [6.45, 7) is 2.69. The lowest BCUT2D eigenvalue weighted by molar-refractivity contribution is -0.0947. The van der Waals surface area contributed by atoms with E-state index in [2.05, 4.69) is 0 Å². The van der Waals surface area contributed by atoms with Crippen LogP contribution in [0.1, 0.15) is 13.8 Å². The van der Waals surface area contributed by atoms with Crippen molar-refractivity contribution in [3.63, 3.8) is 0 Å². The Morgan fingerprint density at radius 2 is 0.900 bits per heavy atom. The van der Waals surface area contributed by atoms with Crippen LogP contribution in [0, 0.1) is 0 Å². The normalized spacial score (nSPS) is 23.4. The molecule has 0 aliphatic rings. The number of hydrogen-bond donors (Lipinski definition) is 4. The Kier molecular flexibility index (Phi) is 3.81. The topological polar surface area (TPSA) is 80.9 Å². The van der Waals surface area contributed by atoms with E-state index in [1.807, 2.05) is 0 Å². The highest BCUT2D eigenvalue weighted by atomic mass is 16.4. The third-order valence-corrected chi connectivity index (χ3v) is 1.34. The zero-order valence-corrected chi connectivity index (χ0v) is 6.10. The van der Waals surface area contributed by atoms with Crippen LogP contribution in [0.15, 0.2) is 0 Å². The molecule has 62 valence electrons. The summed E-state index contributed by atoms with van der Waals surface area (Å²) in [7, 11) is 0. The third-order valence-electron chi connectivity index (χ3n) is 1.34. The standard InChI is InChI=1S/C6H14O4/c1-3(7)5(9)6(10)4(2)8/h3-10H,1-2H3/t3-,4-,5-,6-/m1/s1. The Morgan fingerprint density at radius 3 is 1.00 bits per heavy atom. The van der Waals surface area contributed by atoms with E-state index < -0.39 is 24.4 Å². The highest BCUT2D eigenvalue weighted by Crippen LogP contribution is 2.03. The fourth-order valence-electron chi connectivity index (χ4n) is 0.571. The van der Waals surface area contributed by atoms with Gasteiger partial charge >= 0.3 is 0 Å². The van der Waals surface area contributed by atoms with Crippen LogP contribution in [-0.2, 0) is 0 Å². The highest BCUT2D eigenvalue weighted by molar-refractivity contribution is 4.75. The molecule has 0 fully saturated rings. The van der Waals surface area contributed by atoms with Crippen molar-refractivity contribution in [2.75, 3.05) is 0 Å². The predicted molar refractivity (Wildman–Crippen MR) is 35.4 cm³/mol. The number of aliphatic hydroxyl groups is 4. The Balaban J connectivity index is 3.81. The fraction of sp³-hybridized carbons (Fsp3) is 1.00. The lowest BCUT2D eigenvalue weighted by atomic mass is 10.1. The summed E-state index contributed by atoms with van der Waals surface area (Å²) in [5.41, 5.74) is 0. The van der Waals surface area contributed by atoms with E-state index in [1.165, 1.54) is 13.8 Å². The first-order valence-electron chi connectivity index (χ1n) is 3.19. The van der Waals surface area contributed by atoms with Gasteiger partial charge in [-0.15, -0.1) is 0 Å². The molecule has 0 aromatic heterocycles. The van der Waals surface area contributed by atoms with E-state index in [0.717, 1.165) is 0 Å². The molecule has 0 spiro atoms. The number of aliphatic hydroxyl groups excluding tert-OH is 4. The molecule has 0 bridgehead atoms. The molecule has 0 heterocycles. The SMILES string of the molecule is C[C@@H](O)[C@@H](O)[C@H](O)[C@@H](C)O. The fourth-order valence-corrected chi connectivity index (χ4v) is 0.571. The van der Waals surface area contributed by atoms with Crippen molar-refractivity contribution in [1.82, 2.24) is 0 Å². The molecule has 4 N–H and O–H groups in total. The van der Waals surface area contributed by atoms with E-state index in [4.69, 9.17) is 20.4 Å². The average Bonchev–Trinajstić information content (AvgIpc) is 1.84.